The third-order valence-corrected chi connectivity index (χ3v) is 3.66. The number of carbonyl (C=O) groups is 2. The lowest BCUT2D eigenvalue weighted by molar-refractivity contribution is -0.131. The van der Waals surface area contributed by atoms with Crippen LogP contribution in [0.5, 0.6) is 0 Å². The van der Waals surface area contributed by atoms with Crippen molar-refractivity contribution in [3.8, 4) is 0 Å². The van der Waals surface area contributed by atoms with E-state index in [1.807, 2.05) is 32.0 Å². The quantitative estimate of drug-likeness (QED) is 0.487. The maximum absolute atomic E-state index is 11.9. The number of hydrogen-bond donors (Lipinski definition) is 3. The normalized spacial score (nSPS) is 11.5. The monoisotopic (exact) mass is 318 g/mol. The van der Waals surface area contributed by atoms with E-state index in [1.165, 1.54) is 11.9 Å². The summed E-state index contributed by atoms with van der Waals surface area (Å²) >= 11 is 0. The van der Waals surface area contributed by atoms with E-state index < -0.39 is 19.0 Å². The summed E-state index contributed by atoms with van der Waals surface area (Å²) in [5.74, 6) is -1.70. The van der Waals surface area contributed by atoms with Crippen LogP contribution in [0, 0.1) is 13.8 Å². The smallest absolute Gasteiger partial charge is 0.426 e. The molecule has 0 aliphatic heterocycles. The van der Waals surface area contributed by atoms with E-state index in [2.05, 4.69) is 11.9 Å². The molecule has 0 heterocycles. The highest BCUT2D eigenvalue weighted by atomic mass is 16.4. The maximum Gasteiger partial charge on any atom is 0.475 e. The molecular formula is C16H23BN2O4. The van der Waals surface area contributed by atoms with Gasteiger partial charge in [0.05, 0.1) is 12.5 Å². The van der Waals surface area contributed by atoms with Gasteiger partial charge in [-0.25, -0.2) is 0 Å². The summed E-state index contributed by atoms with van der Waals surface area (Å²) in [6.45, 7) is 7.13. The fraction of sp³-hybridized carbons (Fsp3) is 0.375. The summed E-state index contributed by atoms with van der Waals surface area (Å²) in [5.41, 5.74) is 3.13. The second-order valence-electron chi connectivity index (χ2n) is 5.61. The van der Waals surface area contributed by atoms with Crippen molar-refractivity contribution in [1.82, 2.24) is 10.2 Å². The SMILES string of the molecule is C=CC(=O)N(C)CC(=O)NC(Cc1ccc(C)c(C)c1)B(O)O. The van der Waals surface area contributed by atoms with Crippen LogP contribution in [0.2, 0.25) is 0 Å². The molecule has 0 saturated heterocycles. The molecule has 23 heavy (non-hydrogen) atoms. The minimum atomic E-state index is -1.69. The van der Waals surface area contributed by atoms with Crippen molar-refractivity contribution < 1.29 is 19.6 Å². The second kappa shape index (κ2) is 8.50. The Morgan fingerprint density at radius 2 is 2.00 bits per heavy atom. The molecule has 1 atom stereocenters. The maximum atomic E-state index is 11.9. The first-order chi connectivity index (χ1) is 10.7. The van der Waals surface area contributed by atoms with Gasteiger partial charge in [-0.3, -0.25) is 9.59 Å². The van der Waals surface area contributed by atoms with Gasteiger partial charge in [-0.2, -0.15) is 0 Å². The summed E-state index contributed by atoms with van der Waals surface area (Å²) in [6, 6.07) is 5.78. The van der Waals surface area contributed by atoms with Crippen molar-refractivity contribution in [2.24, 2.45) is 0 Å². The molecule has 1 unspecified atom stereocenters. The lowest BCUT2D eigenvalue weighted by atomic mass is 9.75. The number of nitrogens with one attached hydrogen (secondary N) is 1. The highest BCUT2D eigenvalue weighted by molar-refractivity contribution is 6.43. The summed E-state index contributed by atoms with van der Waals surface area (Å²) in [6.07, 6.45) is 1.39. The van der Waals surface area contributed by atoms with E-state index in [9.17, 15) is 19.6 Å². The lowest BCUT2D eigenvalue weighted by Crippen LogP contribution is -2.50. The van der Waals surface area contributed by atoms with E-state index in [-0.39, 0.29) is 18.9 Å². The molecule has 0 spiro atoms. The average Bonchev–Trinajstić information content (AvgIpc) is 2.49. The predicted molar refractivity (Wildman–Crippen MR) is 89.6 cm³/mol. The molecule has 0 aliphatic rings. The first kappa shape index (κ1) is 18.9. The summed E-state index contributed by atoms with van der Waals surface area (Å²) in [5, 5.41) is 21.5. The zero-order chi connectivity index (χ0) is 17.6. The molecule has 0 radical (unpaired) electrons. The summed E-state index contributed by atoms with van der Waals surface area (Å²) in [7, 11) is -0.224. The van der Waals surface area contributed by atoms with Gasteiger partial charge in [-0.15, -0.1) is 0 Å². The minimum Gasteiger partial charge on any atom is -0.426 e. The molecule has 0 fully saturated rings. The molecule has 124 valence electrons. The Morgan fingerprint density at radius 3 is 2.52 bits per heavy atom. The molecule has 7 heteroatoms. The molecule has 0 saturated carbocycles. The molecular weight excluding hydrogens is 295 g/mol. The Morgan fingerprint density at radius 1 is 1.35 bits per heavy atom. The Kier molecular flexibility index (Phi) is 7.00. The van der Waals surface area contributed by atoms with Crippen LogP contribution in [-0.4, -0.2) is 53.4 Å². The molecule has 0 aromatic heterocycles. The predicted octanol–water partition coefficient (Wildman–Crippen LogP) is -0.0129. The Balaban J connectivity index is 2.71. The Bertz CT molecular complexity index is 589. The Labute approximate surface area is 137 Å². The molecule has 1 rings (SSSR count). The number of carbonyl (C=O) groups excluding carboxylic acids is 2. The fourth-order valence-electron chi connectivity index (χ4n) is 2.12. The van der Waals surface area contributed by atoms with E-state index in [0.29, 0.717) is 0 Å². The number of benzene rings is 1. The van der Waals surface area contributed by atoms with Gasteiger partial charge in [0.1, 0.15) is 0 Å². The van der Waals surface area contributed by atoms with E-state index in [4.69, 9.17) is 0 Å². The number of amides is 2. The highest BCUT2D eigenvalue weighted by Crippen LogP contribution is 2.12. The molecule has 2 amide bonds. The van der Waals surface area contributed by atoms with Gasteiger partial charge < -0.3 is 20.3 Å². The first-order valence-corrected chi connectivity index (χ1v) is 7.33. The van der Waals surface area contributed by atoms with Crippen molar-refractivity contribution in [1.29, 1.82) is 0 Å². The van der Waals surface area contributed by atoms with Crippen LogP contribution in [0.15, 0.2) is 30.9 Å². The zero-order valence-corrected chi connectivity index (χ0v) is 13.7. The van der Waals surface area contributed by atoms with Gasteiger partial charge in [0.15, 0.2) is 0 Å². The molecule has 3 N–H and O–H groups in total. The minimum absolute atomic E-state index is 0.180. The van der Waals surface area contributed by atoms with Gasteiger partial charge in [0.2, 0.25) is 11.8 Å². The molecule has 0 bridgehead atoms. The standard InChI is InChI=1S/C16H23BN2O4/c1-5-16(21)19(4)10-15(20)18-14(17(22)23)9-13-7-6-11(2)12(3)8-13/h5-8,14,22-23H,1,9-10H2,2-4H3,(H,18,20). The van der Waals surface area contributed by atoms with E-state index >= 15 is 0 Å². The van der Waals surface area contributed by atoms with Crippen LogP contribution in [0.3, 0.4) is 0 Å². The van der Waals surface area contributed by atoms with Crippen LogP contribution in [0.1, 0.15) is 16.7 Å². The van der Waals surface area contributed by atoms with Crippen LogP contribution >= 0.6 is 0 Å². The van der Waals surface area contributed by atoms with Crippen LogP contribution in [0.4, 0.5) is 0 Å². The largest absolute Gasteiger partial charge is 0.475 e. The third-order valence-electron chi connectivity index (χ3n) is 3.66. The van der Waals surface area contributed by atoms with Crippen LogP contribution in [0.25, 0.3) is 0 Å². The number of rotatable bonds is 7. The van der Waals surface area contributed by atoms with E-state index in [1.54, 1.807) is 0 Å². The lowest BCUT2D eigenvalue weighted by Gasteiger charge is -2.21. The van der Waals surface area contributed by atoms with Crippen molar-refractivity contribution >= 4 is 18.9 Å². The molecule has 6 nitrogen and oxygen atoms in total. The van der Waals surface area contributed by atoms with Crippen molar-refractivity contribution in [2.45, 2.75) is 26.2 Å². The van der Waals surface area contributed by atoms with Crippen molar-refractivity contribution in [3.05, 3.63) is 47.5 Å². The van der Waals surface area contributed by atoms with Gasteiger partial charge in [0, 0.05) is 7.05 Å². The highest BCUT2D eigenvalue weighted by Gasteiger charge is 2.26. The number of aryl methyl sites for hydroxylation is 2. The molecule has 1 aromatic carbocycles. The average molecular weight is 318 g/mol. The third kappa shape index (κ3) is 5.88. The fourth-order valence-corrected chi connectivity index (χ4v) is 2.12. The Hall–Kier alpha value is -2.12. The summed E-state index contributed by atoms with van der Waals surface area (Å²) < 4.78 is 0. The van der Waals surface area contributed by atoms with Crippen LogP contribution < -0.4 is 5.32 Å². The van der Waals surface area contributed by atoms with Gasteiger partial charge in [-0.1, -0.05) is 24.8 Å². The van der Waals surface area contributed by atoms with Crippen LogP contribution in [-0.2, 0) is 16.0 Å². The zero-order valence-electron chi connectivity index (χ0n) is 13.7. The van der Waals surface area contributed by atoms with Gasteiger partial charge in [0.25, 0.3) is 0 Å². The van der Waals surface area contributed by atoms with Crippen molar-refractivity contribution in [3.63, 3.8) is 0 Å². The van der Waals surface area contributed by atoms with Gasteiger partial charge in [-0.05, 0) is 43.0 Å². The van der Waals surface area contributed by atoms with Crippen molar-refractivity contribution in [2.75, 3.05) is 13.6 Å². The van der Waals surface area contributed by atoms with Gasteiger partial charge >= 0.3 is 7.12 Å². The first-order valence-electron chi connectivity index (χ1n) is 7.33. The van der Waals surface area contributed by atoms with E-state index in [0.717, 1.165) is 22.8 Å². The number of hydrogen-bond acceptors (Lipinski definition) is 4. The molecule has 0 aliphatic carbocycles. The molecule has 1 aromatic rings. The number of likely N-dealkylation sites (N-methyl/N-ethyl adjacent to an activating group) is 1. The number of nitrogens with zero attached hydrogens (tertiary/aromatic N) is 1. The summed E-state index contributed by atoms with van der Waals surface area (Å²) in [4.78, 5) is 24.5. The second-order valence-corrected chi connectivity index (χ2v) is 5.61. The topological polar surface area (TPSA) is 89.9 Å².